The van der Waals surface area contributed by atoms with E-state index in [0.29, 0.717) is 0 Å². The second kappa shape index (κ2) is 5.93. The molecule has 0 aliphatic heterocycles. The minimum atomic E-state index is 0.984. The van der Waals surface area contributed by atoms with Crippen LogP contribution in [0.4, 0.5) is 0 Å². The number of hydrogen-bond donors (Lipinski definition) is 0. The van der Waals surface area contributed by atoms with Gasteiger partial charge in [0.1, 0.15) is 0 Å². The molecule has 1 aliphatic carbocycles. The van der Waals surface area contributed by atoms with E-state index >= 15 is 0 Å². The van der Waals surface area contributed by atoms with Gasteiger partial charge in [0.05, 0.1) is 0 Å². The Bertz CT molecular complexity index is 1560. The van der Waals surface area contributed by atoms with Gasteiger partial charge in [-0.1, -0.05) is 91.0 Å². The first kappa shape index (κ1) is 16.2. The van der Waals surface area contributed by atoms with Crippen LogP contribution in [0.1, 0.15) is 22.3 Å². The second-order valence-corrected chi connectivity index (χ2v) is 8.59. The summed E-state index contributed by atoms with van der Waals surface area (Å²) in [6.45, 7) is 0. The normalized spacial score (nSPS) is 12.7. The van der Waals surface area contributed by atoms with Gasteiger partial charge in [-0.05, 0) is 84.6 Å². The van der Waals surface area contributed by atoms with Crippen LogP contribution in [0.15, 0.2) is 97.1 Å². The van der Waals surface area contributed by atoms with Gasteiger partial charge in [0.15, 0.2) is 0 Å². The molecule has 0 nitrogen and oxygen atoms in total. The van der Waals surface area contributed by atoms with Crippen molar-refractivity contribution in [3.8, 4) is 11.1 Å². The van der Waals surface area contributed by atoms with Gasteiger partial charge in [-0.2, -0.15) is 0 Å². The molecule has 0 heteroatoms. The number of rotatable bonds is 2. The molecule has 0 amide bonds. The molecule has 0 aromatic heterocycles. The van der Waals surface area contributed by atoms with Crippen molar-refractivity contribution in [2.45, 2.75) is 12.8 Å². The molecule has 1 aliphatic rings. The fourth-order valence-electron chi connectivity index (χ4n) is 5.46. The van der Waals surface area contributed by atoms with Crippen LogP contribution in [0.2, 0.25) is 0 Å². The third kappa shape index (κ3) is 2.22. The Morgan fingerprint density at radius 2 is 1.33 bits per heavy atom. The van der Waals surface area contributed by atoms with Gasteiger partial charge < -0.3 is 0 Å². The first-order valence-corrected chi connectivity index (χ1v) is 10.7. The zero-order chi connectivity index (χ0) is 19.7. The van der Waals surface area contributed by atoms with Crippen molar-refractivity contribution in [3.63, 3.8) is 0 Å². The lowest BCUT2D eigenvalue weighted by molar-refractivity contribution is 1.18. The van der Waals surface area contributed by atoms with E-state index in [2.05, 4.69) is 97.1 Å². The van der Waals surface area contributed by atoms with Gasteiger partial charge in [0, 0.05) is 0 Å². The van der Waals surface area contributed by atoms with Crippen LogP contribution in [-0.4, -0.2) is 0 Å². The van der Waals surface area contributed by atoms with Crippen molar-refractivity contribution in [1.82, 2.24) is 0 Å². The Kier molecular flexibility index (Phi) is 3.20. The van der Waals surface area contributed by atoms with Crippen LogP contribution >= 0.6 is 0 Å². The molecule has 0 radical (unpaired) electrons. The highest BCUT2D eigenvalue weighted by atomic mass is 14.3. The molecule has 140 valence electrons. The highest BCUT2D eigenvalue weighted by Crippen LogP contribution is 2.45. The zero-order valence-corrected chi connectivity index (χ0v) is 16.7. The Morgan fingerprint density at radius 3 is 2.20 bits per heavy atom. The summed E-state index contributed by atoms with van der Waals surface area (Å²) in [4.78, 5) is 0. The van der Waals surface area contributed by atoms with Gasteiger partial charge in [-0.25, -0.2) is 0 Å². The highest BCUT2D eigenvalue weighted by Gasteiger charge is 2.23. The molecule has 0 unspecified atom stereocenters. The van der Waals surface area contributed by atoms with Crippen LogP contribution in [0.3, 0.4) is 0 Å². The lowest BCUT2D eigenvalue weighted by Crippen LogP contribution is -1.89. The second-order valence-electron chi connectivity index (χ2n) is 8.59. The van der Waals surface area contributed by atoms with Crippen molar-refractivity contribution >= 4 is 32.3 Å². The summed E-state index contributed by atoms with van der Waals surface area (Å²) in [5, 5.41) is 8.30. The maximum atomic E-state index is 2.43. The fourth-order valence-corrected chi connectivity index (χ4v) is 5.46. The predicted octanol–water partition coefficient (Wildman–Crippen LogP) is 7.75. The van der Waals surface area contributed by atoms with Gasteiger partial charge >= 0.3 is 0 Å². The largest absolute Gasteiger partial charge is 0.0622 e. The summed E-state index contributed by atoms with van der Waals surface area (Å²) in [5.74, 6) is 0. The molecule has 7 rings (SSSR count). The topological polar surface area (TPSA) is 0 Å². The third-order valence-electron chi connectivity index (χ3n) is 6.84. The van der Waals surface area contributed by atoms with E-state index in [0.717, 1.165) is 12.8 Å². The lowest BCUT2D eigenvalue weighted by atomic mass is 9.89. The van der Waals surface area contributed by atoms with Crippen molar-refractivity contribution in [3.05, 3.63) is 119 Å². The van der Waals surface area contributed by atoms with E-state index < -0.39 is 0 Å². The van der Waals surface area contributed by atoms with Gasteiger partial charge in [-0.3, -0.25) is 0 Å². The minimum absolute atomic E-state index is 0.984. The Balaban J connectivity index is 1.46. The first-order chi connectivity index (χ1) is 14.8. The first-order valence-electron chi connectivity index (χ1n) is 10.7. The standard InChI is InChI=1S/C30H20/c1-2-5-19(6-3-1)15-20-9-10-23-17-27-25-14-13-22-8-4-7-21-11-12-24(30(25)29(21)22)18-28(27)26(23)16-20/h1-14,16,18H,15,17H2. The Hall–Kier alpha value is -3.64. The van der Waals surface area contributed by atoms with E-state index in [4.69, 9.17) is 0 Å². The van der Waals surface area contributed by atoms with Gasteiger partial charge in [-0.15, -0.1) is 0 Å². The average Bonchev–Trinajstić information content (AvgIpc) is 3.16. The van der Waals surface area contributed by atoms with Crippen LogP contribution in [0, 0.1) is 0 Å². The van der Waals surface area contributed by atoms with Crippen molar-refractivity contribution < 1.29 is 0 Å². The molecule has 0 bridgehead atoms. The van der Waals surface area contributed by atoms with Crippen LogP contribution in [0.25, 0.3) is 43.4 Å². The molecule has 6 aromatic rings. The van der Waals surface area contributed by atoms with Crippen molar-refractivity contribution in [1.29, 1.82) is 0 Å². The van der Waals surface area contributed by atoms with Gasteiger partial charge in [0.25, 0.3) is 0 Å². The molecule has 0 atom stereocenters. The average molecular weight is 380 g/mol. The van der Waals surface area contributed by atoms with Crippen molar-refractivity contribution in [2.75, 3.05) is 0 Å². The lowest BCUT2D eigenvalue weighted by Gasteiger charge is -2.14. The predicted molar refractivity (Wildman–Crippen MR) is 128 cm³/mol. The molecule has 0 saturated heterocycles. The maximum absolute atomic E-state index is 2.43. The summed E-state index contributed by atoms with van der Waals surface area (Å²) in [6, 6.07) is 36.1. The molecule has 0 spiro atoms. The van der Waals surface area contributed by atoms with Crippen LogP contribution < -0.4 is 0 Å². The highest BCUT2D eigenvalue weighted by molar-refractivity contribution is 6.25. The summed E-state index contributed by atoms with van der Waals surface area (Å²) in [6.07, 6.45) is 2.02. The summed E-state index contributed by atoms with van der Waals surface area (Å²) in [5.41, 5.74) is 8.54. The van der Waals surface area contributed by atoms with Crippen LogP contribution in [0.5, 0.6) is 0 Å². The molecule has 0 fully saturated rings. The Labute approximate surface area is 175 Å². The molecular weight excluding hydrogens is 360 g/mol. The monoisotopic (exact) mass is 380 g/mol. The molecule has 0 saturated carbocycles. The molecule has 0 N–H and O–H groups in total. The molecule has 0 heterocycles. The quantitative estimate of drug-likeness (QED) is 0.269. The van der Waals surface area contributed by atoms with Crippen LogP contribution in [-0.2, 0) is 12.8 Å². The van der Waals surface area contributed by atoms with E-state index in [1.54, 1.807) is 0 Å². The number of fused-ring (bicyclic) bond motifs is 4. The number of benzene rings is 6. The Morgan fingerprint density at radius 1 is 0.533 bits per heavy atom. The summed E-state index contributed by atoms with van der Waals surface area (Å²) >= 11 is 0. The van der Waals surface area contributed by atoms with E-state index in [9.17, 15) is 0 Å². The molecule has 30 heavy (non-hydrogen) atoms. The van der Waals surface area contributed by atoms with Crippen molar-refractivity contribution in [2.24, 2.45) is 0 Å². The number of hydrogen-bond acceptors (Lipinski definition) is 0. The van der Waals surface area contributed by atoms with Gasteiger partial charge in [0.2, 0.25) is 0 Å². The van der Waals surface area contributed by atoms with E-state index in [1.165, 1.54) is 65.7 Å². The fraction of sp³-hybridized carbons (Fsp3) is 0.0667. The molecule has 6 aromatic carbocycles. The summed E-state index contributed by atoms with van der Waals surface area (Å²) in [7, 11) is 0. The summed E-state index contributed by atoms with van der Waals surface area (Å²) < 4.78 is 0. The third-order valence-corrected chi connectivity index (χ3v) is 6.84. The maximum Gasteiger partial charge on any atom is -0.000727 e. The van der Waals surface area contributed by atoms with E-state index in [1.807, 2.05) is 0 Å². The SMILES string of the molecule is c1ccc(Cc2ccc3c(c2)-c2cc4ccc5cccc6ccc(c2C3)c4c56)cc1. The zero-order valence-electron chi connectivity index (χ0n) is 16.7. The smallest absolute Gasteiger partial charge is 0.000727 e. The minimum Gasteiger partial charge on any atom is -0.0622 e. The van der Waals surface area contributed by atoms with E-state index in [-0.39, 0.29) is 0 Å². The molecular formula is C30H20.